The number of nitrogens with one attached hydrogen (secondary N) is 2. The lowest BCUT2D eigenvalue weighted by Crippen LogP contribution is -2.49. The standard InChI is InChI=1S/C24H29ClN4O4.2ClH/c1-15(30)29-10-7-18(8-11-29)33-24-22(25)19(6-9-26-24)23(32)28-14-21(31)20-12-16-4-2-3-5-17(16)13-27-20;;/h2-6,9,18,20-21,27,31H,7-8,10-14H2,1H3,(H,28,32);2*1H/t20-,21+;;/m0../s1. The van der Waals surface area contributed by atoms with Crippen molar-refractivity contribution in [3.63, 3.8) is 0 Å². The van der Waals surface area contributed by atoms with Gasteiger partial charge in [0.25, 0.3) is 5.91 Å². The summed E-state index contributed by atoms with van der Waals surface area (Å²) in [6, 6.07) is 9.52. The van der Waals surface area contributed by atoms with Crippen LogP contribution in [0.5, 0.6) is 5.88 Å². The summed E-state index contributed by atoms with van der Waals surface area (Å²) < 4.78 is 5.94. The third kappa shape index (κ3) is 7.21. The lowest BCUT2D eigenvalue weighted by atomic mass is 9.93. The van der Waals surface area contributed by atoms with Crippen LogP contribution in [0.2, 0.25) is 5.02 Å². The van der Waals surface area contributed by atoms with E-state index in [-0.39, 0.29) is 65.9 Å². The molecule has 3 N–H and O–H groups in total. The second kappa shape index (κ2) is 13.3. The molecule has 2 aromatic rings. The lowest BCUT2D eigenvalue weighted by molar-refractivity contribution is -0.130. The van der Waals surface area contributed by atoms with Gasteiger partial charge in [0, 0.05) is 58.2 Å². The summed E-state index contributed by atoms with van der Waals surface area (Å²) in [5.74, 6) is -0.135. The molecule has 1 aromatic heterocycles. The van der Waals surface area contributed by atoms with E-state index in [9.17, 15) is 14.7 Å². The second-order valence-corrected chi connectivity index (χ2v) is 8.92. The zero-order valence-corrected chi connectivity index (χ0v) is 21.8. The Hall–Kier alpha value is -2.10. The van der Waals surface area contributed by atoms with E-state index >= 15 is 0 Å². The van der Waals surface area contributed by atoms with Gasteiger partial charge in [0.2, 0.25) is 11.8 Å². The van der Waals surface area contributed by atoms with Crippen LogP contribution in [0.4, 0.5) is 0 Å². The van der Waals surface area contributed by atoms with Gasteiger partial charge in [0.15, 0.2) is 0 Å². The molecule has 4 rings (SSSR count). The van der Waals surface area contributed by atoms with E-state index in [1.807, 2.05) is 12.1 Å². The molecule has 0 saturated carbocycles. The molecule has 1 aromatic carbocycles. The zero-order valence-electron chi connectivity index (χ0n) is 19.4. The number of aliphatic hydroxyl groups excluding tert-OH is 1. The third-order valence-corrected chi connectivity index (χ3v) is 6.68. The Morgan fingerprint density at radius 1 is 1.23 bits per heavy atom. The van der Waals surface area contributed by atoms with Crippen molar-refractivity contribution in [3.8, 4) is 5.88 Å². The number of hydrogen-bond acceptors (Lipinski definition) is 6. The third-order valence-electron chi connectivity index (χ3n) is 6.32. The Morgan fingerprint density at radius 2 is 1.91 bits per heavy atom. The molecule has 11 heteroatoms. The SMILES string of the molecule is CC(=O)N1CCC(Oc2nccc(C(=O)NC[C@@H](O)[C@@H]3Cc4ccccc4CN3)c2Cl)CC1.Cl.Cl. The van der Waals surface area contributed by atoms with Gasteiger partial charge in [-0.3, -0.25) is 9.59 Å². The molecule has 2 atom stereocenters. The Balaban J connectivity index is 0.00000216. The number of halogens is 3. The number of amides is 2. The molecule has 2 aliphatic rings. The number of nitrogens with zero attached hydrogens (tertiary/aromatic N) is 2. The van der Waals surface area contributed by atoms with Crippen molar-refractivity contribution in [2.75, 3.05) is 19.6 Å². The number of carbonyl (C=O) groups excluding carboxylic acids is 2. The van der Waals surface area contributed by atoms with Gasteiger partial charge >= 0.3 is 0 Å². The number of aliphatic hydroxyl groups is 1. The van der Waals surface area contributed by atoms with Gasteiger partial charge in [0.1, 0.15) is 11.1 Å². The quantitative estimate of drug-likeness (QED) is 0.516. The molecule has 0 aliphatic carbocycles. The highest BCUT2D eigenvalue weighted by Crippen LogP contribution is 2.28. The van der Waals surface area contributed by atoms with Crippen molar-refractivity contribution < 1.29 is 19.4 Å². The summed E-state index contributed by atoms with van der Waals surface area (Å²) in [4.78, 5) is 30.2. The number of ether oxygens (including phenoxy) is 1. The molecule has 0 spiro atoms. The van der Waals surface area contributed by atoms with Gasteiger partial charge in [-0.1, -0.05) is 35.9 Å². The molecule has 0 radical (unpaired) electrons. The monoisotopic (exact) mass is 544 g/mol. The molecule has 8 nitrogen and oxygen atoms in total. The summed E-state index contributed by atoms with van der Waals surface area (Å²) in [6.45, 7) is 3.58. The second-order valence-electron chi connectivity index (χ2n) is 8.54. The minimum absolute atomic E-state index is 0. The van der Waals surface area contributed by atoms with E-state index in [0.717, 1.165) is 0 Å². The fourth-order valence-corrected chi connectivity index (χ4v) is 4.56. The maximum absolute atomic E-state index is 12.8. The Kier molecular flexibility index (Phi) is 11.0. The molecule has 3 heterocycles. The van der Waals surface area contributed by atoms with Gasteiger partial charge in [-0.25, -0.2) is 4.98 Å². The van der Waals surface area contributed by atoms with Gasteiger partial charge in [-0.05, 0) is 23.6 Å². The molecule has 35 heavy (non-hydrogen) atoms. The minimum atomic E-state index is -0.745. The molecule has 192 valence electrons. The molecule has 2 amide bonds. The topological polar surface area (TPSA) is 104 Å². The maximum Gasteiger partial charge on any atom is 0.253 e. The Labute approximate surface area is 222 Å². The largest absolute Gasteiger partial charge is 0.473 e. The minimum Gasteiger partial charge on any atom is -0.473 e. The molecule has 0 unspecified atom stereocenters. The number of hydrogen-bond donors (Lipinski definition) is 3. The highest BCUT2D eigenvalue weighted by atomic mass is 35.5. The Morgan fingerprint density at radius 3 is 2.60 bits per heavy atom. The smallest absolute Gasteiger partial charge is 0.253 e. The first-order valence-electron chi connectivity index (χ1n) is 11.3. The summed E-state index contributed by atoms with van der Waals surface area (Å²) in [5.41, 5.74) is 2.68. The van der Waals surface area contributed by atoms with Gasteiger partial charge < -0.3 is 25.4 Å². The highest BCUT2D eigenvalue weighted by Gasteiger charge is 2.26. The molecule has 1 saturated heterocycles. The van der Waals surface area contributed by atoms with Crippen molar-refractivity contribution in [2.24, 2.45) is 0 Å². The highest BCUT2D eigenvalue weighted by molar-refractivity contribution is 6.35. The van der Waals surface area contributed by atoms with E-state index in [4.69, 9.17) is 16.3 Å². The van der Waals surface area contributed by atoms with Crippen LogP contribution < -0.4 is 15.4 Å². The van der Waals surface area contributed by atoms with E-state index in [1.54, 1.807) is 11.8 Å². The van der Waals surface area contributed by atoms with E-state index < -0.39 is 12.0 Å². The van der Waals surface area contributed by atoms with Crippen LogP contribution in [0.3, 0.4) is 0 Å². The van der Waals surface area contributed by atoms with Gasteiger partial charge in [-0.15, -0.1) is 24.8 Å². The normalized spacial score (nSPS) is 18.4. The van der Waals surface area contributed by atoms with Crippen LogP contribution in [0, 0.1) is 0 Å². The van der Waals surface area contributed by atoms with E-state index in [2.05, 4.69) is 27.8 Å². The molecule has 2 aliphatic heterocycles. The van der Waals surface area contributed by atoms with Crippen molar-refractivity contribution >= 4 is 48.2 Å². The van der Waals surface area contributed by atoms with Gasteiger partial charge in [0.05, 0.1) is 11.7 Å². The number of fused-ring (bicyclic) bond motifs is 1. The summed E-state index contributed by atoms with van der Waals surface area (Å²) >= 11 is 6.43. The van der Waals surface area contributed by atoms with Crippen molar-refractivity contribution in [2.45, 2.75) is 51.0 Å². The molecule has 1 fully saturated rings. The first kappa shape index (κ1) is 29.1. The number of aromatic nitrogens is 1. The van der Waals surface area contributed by atoms with Crippen LogP contribution in [-0.2, 0) is 17.8 Å². The number of rotatable bonds is 6. The first-order chi connectivity index (χ1) is 15.9. The van der Waals surface area contributed by atoms with Crippen LogP contribution >= 0.6 is 36.4 Å². The fraction of sp³-hybridized carbons (Fsp3) is 0.458. The maximum atomic E-state index is 12.8. The Bertz CT molecular complexity index is 1020. The van der Waals surface area contributed by atoms with Crippen molar-refractivity contribution in [3.05, 3.63) is 58.2 Å². The van der Waals surface area contributed by atoms with E-state index in [1.165, 1.54) is 23.4 Å². The predicted molar refractivity (Wildman–Crippen MR) is 139 cm³/mol. The average Bonchev–Trinajstić information content (AvgIpc) is 2.83. The zero-order chi connectivity index (χ0) is 23.4. The van der Waals surface area contributed by atoms with Crippen LogP contribution in [-0.4, -0.2) is 64.7 Å². The lowest BCUT2D eigenvalue weighted by Gasteiger charge is -2.31. The van der Waals surface area contributed by atoms with E-state index in [0.29, 0.717) is 38.9 Å². The van der Waals surface area contributed by atoms with Crippen molar-refractivity contribution in [1.82, 2.24) is 20.5 Å². The summed E-state index contributed by atoms with van der Waals surface area (Å²) in [6.07, 6.45) is 2.67. The number of carbonyl (C=O) groups is 2. The molecular weight excluding hydrogens is 515 g/mol. The number of pyridine rings is 1. The van der Waals surface area contributed by atoms with Crippen LogP contribution in [0.25, 0.3) is 0 Å². The molecular formula is C24H31Cl3N4O4. The average molecular weight is 546 g/mol. The summed E-state index contributed by atoms with van der Waals surface area (Å²) in [5, 5.41) is 16.9. The van der Waals surface area contributed by atoms with Crippen LogP contribution in [0.15, 0.2) is 36.5 Å². The fourth-order valence-electron chi connectivity index (χ4n) is 4.31. The summed E-state index contributed by atoms with van der Waals surface area (Å²) in [7, 11) is 0. The number of likely N-dealkylation sites (tertiary alicyclic amines) is 1. The number of piperidine rings is 1. The van der Waals surface area contributed by atoms with Gasteiger partial charge in [-0.2, -0.15) is 0 Å². The van der Waals surface area contributed by atoms with Crippen molar-refractivity contribution in [1.29, 1.82) is 0 Å². The van der Waals surface area contributed by atoms with Crippen LogP contribution in [0.1, 0.15) is 41.3 Å². The number of benzene rings is 1. The predicted octanol–water partition coefficient (Wildman–Crippen LogP) is 2.77. The first-order valence-corrected chi connectivity index (χ1v) is 11.6. The molecule has 0 bridgehead atoms.